The van der Waals surface area contributed by atoms with E-state index in [9.17, 15) is 0 Å². The van der Waals surface area contributed by atoms with Crippen molar-refractivity contribution in [3.05, 3.63) is 22.6 Å². The van der Waals surface area contributed by atoms with Crippen LogP contribution in [0.2, 0.25) is 0 Å². The number of hydrogen-bond acceptors (Lipinski definition) is 2. The van der Waals surface area contributed by atoms with Crippen LogP contribution in [0, 0.1) is 6.92 Å². The summed E-state index contributed by atoms with van der Waals surface area (Å²) < 4.78 is 5.84. The lowest BCUT2D eigenvalue weighted by Gasteiger charge is -2.06. The molecule has 2 nitrogen and oxygen atoms in total. The quantitative estimate of drug-likeness (QED) is 0.801. The van der Waals surface area contributed by atoms with Gasteiger partial charge in [0.1, 0.15) is 11.5 Å². The monoisotopic (exact) mass is 193 g/mol. The number of aryl methyl sites for hydroxylation is 1. The average molecular weight is 193 g/mol. The van der Waals surface area contributed by atoms with Gasteiger partial charge in [-0.3, -0.25) is 0 Å². The Morgan fingerprint density at radius 3 is 2.50 bits per heavy atom. The third-order valence-electron chi connectivity index (χ3n) is 2.99. The number of furan rings is 1. The first-order valence-corrected chi connectivity index (χ1v) is 5.47. The first-order valence-electron chi connectivity index (χ1n) is 5.47. The maximum Gasteiger partial charge on any atom is 0.112 e. The molecular formula is C12H19NO. The lowest BCUT2D eigenvalue weighted by atomic mass is 9.97. The molecule has 2 heteroatoms. The van der Waals surface area contributed by atoms with Gasteiger partial charge in [-0.25, -0.2) is 0 Å². The molecule has 0 amide bonds. The Morgan fingerprint density at radius 1 is 1.43 bits per heavy atom. The summed E-state index contributed by atoms with van der Waals surface area (Å²) in [5.41, 5.74) is 8.43. The molecule has 78 valence electrons. The molecule has 1 heterocycles. The van der Waals surface area contributed by atoms with E-state index in [2.05, 4.69) is 20.8 Å². The van der Waals surface area contributed by atoms with Gasteiger partial charge in [-0.15, -0.1) is 0 Å². The molecular weight excluding hydrogens is 174 g/mol. The fourth-order valence-corrected chi connectivity index (χ4v) is 2.27. The zero-order valence-corrected chi connectivity index (χ0v) is 9.26. The number of nitrogens with two attached hydrogens (primary N) is 1. The van der Waals surface area contributed by atoms with Crippen molar-refractivity contribution in [2.24, 2.45) is 5.73 Å². The van der Waals surface area contributed by atoms with Gasteiger partial charge >= 0.3 is 0 Å². The van der Waals surface area contributed by atoms with Gasteiger partial charge in [-0.05, 0) is 25.7 Å². The van der Waals surface area contributed by atoms with Crippen LogP contribution in [-0.4, -0.2) is 0 Å². The minimum Gasteiger partial charge on any atom is -0.465 e. The van der Waals surface area contributed by atoms with Crippen LogP contribution < -0.4 is 5.73 Å². The predicted molar refractivity (Wildman–Crippen MR) is 57.4 cm³/mol. The maximum atomic E-state index is 5.84. The van der Waals surface area contributed by atoms with Crippen molar-refractivity contribution in [3.63, 3.8) is 0 Å². The Morgan fingerprint density at radius 2 is 2.07 bits per heavy atom. The minimum absolute atomic E-state index is 0.518. The molecule has 0 radical (unpaired) electrons. The van der Waals surface area contributed by atoms with Crippen LogP contribution in [0.25, 0.3) is 0 Å². The van der Waals surface area contributed by atoms with Crippen LogP contribution in [0.5, 0.6) is 0 Å². The lowest BCUT2D eigenvalue weighted by molar-refractivity contribution is 0.478. The molecule has 0 aromatic carbocycles. The van der Waals surface area contributed by atoms with Gasteiger partial charge < -0.3 is 10.2 Å². The van der Waals surface area contributed by atoms with E-state index in [1.165, 1.54) is 29.7 Å². The summed E-state index contributed by atoms with van der Waals surface area (Å²) in [6.07, 6.45) is 2.55. The first kappa shape index (κ1) is 9.78. The van der Waals surface area contributed by atoms with E-state index < -0.39 is 0 Å². The molecule has 1 saturated carbocycles. The molecule has 0 spiro atoms. The second-order valence-electron chi connectivity index (χ2n) is 4.55. The summed E-state index contributed by atoms with van der Waals surface area (Å²) in [7, 11) is 0. The van der Waals surface area contributed by atoms with Crippen LogP contribution in [0.4, 0.5) is 0 Å². The molecule has 14 heavy (non-hydrogen) atoms. The fraction of sp³-hybridized carbons (Fsp3) is 0.667. The molecule has 0 saturated heterocycles. The molecule has 0 aliphatic heterocycles. The van der Waals surface area contributed by atoms with Gasteiger partial charge in [-0.2, -0.15) is 0 Å². The number of rotatable bonds is 3. The van der Waals surface area contributed by atoms with Crippen LogP contribution in [-0.2, 0) is 6.54 Å². The SMILES string of the molecule is Cc1oc(C2CC2)c(CN)c1C(C)C. The van der Waals surface area contributed by atoms with E-state index in [4.69, 9.17) is 10.2 Å². The van der Waals surface area contributed by atoms with Crippen LogP contribution in [0.3, 0.4) is 0 Å². The molecule has 0 bridgehead atoms. The molecule has 0 unspecified atom stereocenters. The second kappa shape index (κ2) is 3.43. The summed E-state index contributed by atoms with van der Waals surface area (Å²) in [4.78, 5) is 0. The van der Waals surface area contributed by atoms with Crippen LogP contribution in [0.1, 0.15) is 61.2 Å². The van der Waals surface area contributed by atoms with E-state index in [0.29, 0.717) is 18.4 Å². The highest BCUT2D eigenvalue weighted by Crippen LogP contribution is 2.45. The summed E-state index contributed by atoms with van der Waals surface area (Å²) in [6, 6.07) is 0. The highest BCUT2D eigenvalue weighted by Gasteiger charge is 2.32. The smallest absolute Gasteiger partial charge is 0.112 e. The van der Waals surface area contributed by atoms with Crippen molar-refractivity contribution in [1.29, 1.82) is 0 Å². The molecule has 2 N–H and O–H groups in total. The van der Waals surface area contributed by atoms with Crippen LogP contribution >= 0.6 is 0 Å². The standard InChI is InChI=1S/C12H19NO/c1-7(2)11-8(3)14-12(9-4-5-9)10(11)6-13/h7,9H,4-6,13H2,1-3H3. The third-order valence-corrected chi connectivity index (χ3v) is 2.99. The molecule has 1 aliphatic rings. The number of hydrogen-bond donors (Lipinski definition) is 1. The van der Waals surface area contributed by atoms with E-state index in [1.807, 2.05) is 0 Å². The first-order chi connectivity index (χ1) is 6.65. The maximum absolute atomic E-state index is 5.84. The van der Waals surface area contributed by atoms with Crippen molar-refractivity contribution in [1.82, 2.24) is 0 Å². The van der Waals surface area contributed by atoms with E-state index in [-0.39, 0.29) is 0 Å². The predicted octanol–water partition coefficient (Wildman–Crippen LogP) is 3.05. The summed E-state index contributed by atoms with van der Waals surface area (Å²) in [5, 5.41) is 0. The molecule has 0 atom stereocenters. The summed E-state index contributed by atoms with van der Waals surface area (Å²) in [5.74, 6) is 3.43. The zero-order valence-electron chi connectivity index (χ0n) is 9.26. The van der Waals surface area contributed by atoms with Crippen molar-refractivity contribution >= 4 is 0 Å². The van der Waals surface area contributed by atoms with Gasteiger partial charge in [-0.1, -0.05) is 13.8 Å². The second-order valence-corrected chi connectivity index (χ2v) is 4.55. The third kappa shape index (κ3) is 1.48. The molecule has 1 aliphatic carbocycles. The van der Waals surface area contributed by atoms with E-state index in [1.54, 1.807) is 0 Å². The molecule has 1 fully saturated rings. The Balaban J connectivity index is 2.46. The molecule has 1 aromatic heterocycles. The van der Waals surface area contributed by atoms with Crippen LogP contribution in [0.15, 0.2) is 4.42 Å². The van der Waals surface area contributed by atoms with Crippen molar-refractivity contribution < 1.29 is 4.42 Å². The summed E-state index contributed by atoms with van der Waals surface area (Å²) in [6.45, 7) is 7.08. The van der Waals surface area contributed by atoms with Crippen molar-refractivity contribution in [3.8, 4) is 0 Å². The fourth-order valence-electron chi connectivity index (χ4n) is 2.27. The van der Waals surface area contributed by atoms with Crippen molar-refractivity contribution in [2.45, 2.75) is 52.0 Å². The normalized spacial score (nSPS) is 16.6. The topological polar surface area (TPSA) is 39.2 Å². The van der Waals surface area contributed by atoms with Gasteiger partial charge in [0, 0.05) is 23.6 Å². The minimum atomic E-state index is 0.518. The Labute approximate surface area is 85.5 Å². The summed E-state index contributed by atoms with van der Waals surface area (Å²) >= 11 is 0. The largest absolute Gasteiger partial charge is 0.465 e. The molecule has 1 aromatic rings. The highest BCUT2D eigenvalue weighted by molar-refractivity contribution is 5.38. The lowest BCUT2D eigenvalue weighted by Crippen LogP contribution is -2.03. The molecule has 2 rings (SSSR count). The van der Waals surface area contributed by atoms with E-state index >= 15 is 0 Å². The Bertz CT molecular complexity index is 334. The van der Waals surface area contributed by atoms with Gasteiger partial charge in [0.2, 0.25) is 0 Å². The van der Waals surface area contributed by atoms with Gasteiger partial charge in [0.25, 0.3) is 0 Å². The average Bonchev–Trinajstić information content (AvgIpc) is 2.89. The van der Waals surface area contributed by atoms with Gasteiger partial charge in [0.05, 0.1) is 0 Å². The highest BCUT2D eigenvalue weighted by atomic mass is 16.3. The Hall–Kier alpha value is -0.760. The van der Waals surface area contributed by atoms with Gasteiger partial charge in [0.15, 0.2) is 0 Å². The zero-order chi connectivity index (χ0) is 10.3. The van der Waals surface area contributed by atoms with Crippen molar-refractivity contribution in [2.75, 3.05) is 0 Å². The Kier molecular flexibility index (Phi) is 2.40. The van der Waals surface area contributed by atoms with E-state index in [0.717, 1.165) is 5.76 Å².